The molecule has 0 aliphatic carbocycles. The lowest BCUT2D eigenvalue weighted by atomic mass is 10.1. The first-order chi connectivity index (χ1) is 10.2. The molecule has 0 radical (unpaired) electrons. The molecule has 0 bridgehead atoms. The van der Waals surface area contributed by atoms with Crippen LogP contribution in [0.25, 0.3) is 10.9 Å². The molecule has 3 rings (SSSR count). The Labute approximate surface area is 123 Å². The van der Waals surface area contributed by atoms with E-state index in [9.17, 15) is 4.79 Å². The molecule has 2 aromatic rings. The van der Waals surface area contributed by atoms with Gasteiger partial charge in [0.05, 0.1) is 19.3 Å². The molecule has 0 unspecified atom stereocenters. The Morgan fingerprint density at radius 3 is 2.90 bits per heavy atom. The highest BCUT2D eigenvalue weighted by atomic mass is 16.5. The Hall–Kier alpha value is -1.85. The zero-order chi connectivity index (χ0) is 14.8. The Kier molecular flexibility index (Phi) is 3.94. The second-order valence-electron chi connectivity index (χ2n) is 5.47. The van der Waals surface area contributed by atoms with Gasteiger partial charge < -0.3 is 19.4 Å². The summed E-state index contributed by atoms with van der Waals surface area (Å²) in [5.41, 5.74) is 2.83. The molecule has 0 saturated carbocycles. The van der Waals surface area contributed by atoms with E-state index in [0.29, 0.717) is 32.0 Å². The Morgan fingerprint density at radius 1 is 1.33 bits per heavy atom. The number of hydrogen-bond acceptors (Lipinski definition) is 3. The van der Waals surface area contributed by atoms with Gasteiger partial charge in [0.1, 0.15) is 5.69 Å². The van der Waals surface area contributed by atoms with Crippen LogP contribution in [0.1, 0.15) is 16.1 Å². The predicted molar refractivity (Wildman–Crippen MR) is 80.6 cm³/mol. The first-order valence-corrected chi connectivity index (χ1v) is 7.16. The molecule has 1 fully saturated rings. The van der Waals surface area contributed by atoms with Gasteiger partial charge in [0.15, 0.2) is 0 Å². The van der Waals surface area contributed by atoms with E-state index in [-0.39, 0.29) is 12.0 Å². The number of H-pyrrole nitrogens is 1. The third-order valence-electron chi connectivity index (χ3n) is 3.78. The number of carbonyl (C=O) groups excluding carboxylic acids is 1. The number of nitrogens with one attached hydrogen (secondary N) is 1. The maximum Gasteiger partial charge on any atom is 0.270 e. The monoisotopic (exact) mass is 288 g/mol. The van der Waals surface area contributed by atoms with E-state index in [2.05, 4.69) is 11.1 Å². The molecule has 5 nitrogen and oxygen atoms in total. The number of nitrogens with zero attached hydrogens (tertiary/aromatic N) is 1. The maximum absolute atomic E-state index is 12.4. The molecular formula is C16H20N2O3. The van der Waals surface area contributed by atoms with Crippen LogP contribution in [0.4, 0.5) is 0 Å². The number of aryl methyl sites for hydroxylation is 1. The third kappa shape index (κ3) is 2.94. The van der Waals surface area contributed by atoms with E-state index in [4.69, 9.17) is 9.47 Å². The molecule has 5 heteroatoms. The van der Waals surface area contributed by atoms with Crippen LogP contribution in [0.3, 0.4) is 0 Å². The number of aromatic nitrogens is 1. The van der Waals surface area contributed by atoms with E-state index in [1.807, 2.05) is 25.1 Å². The largest absolute Gasteiger partial charge is 0.382 e. The zero-order valence-electron chi connectivity index (χ0n) is 12.4. The van der Waals surface area contributed by atoms with Crippen molar-refractivity contribution in [3.63, 3.8) is 0 Å². The number of ether oxygens (including phenoxy) is 2. The fourth-order valence-corrected chi connectivity index (χ4v) is 2.53. The van der Waals surface area contributed by atoms with Crippen molar-refractivity contribution < 1.29 is 14.3 Å². The van der Waals surface area contributed by atoms with Gasteiger partial charge in [-0.2, -0.15) is 0 Å². The number of fused-ring (bicyclic) bond motifs is 1. The fraction of sp³-hybridized carbons (Fsp3) is 0.438. The lowest BCUT2D eigenvalue weighted by Gasteiger charge is -2.38. The van der Waals surface area contributed by atoms with Gasteiger partial charge in [-0.05, 0) is 24.6 Å². The molecule has 1 aromatic heterocycles. The van der Waals surface area contributed by atoms with E-state index in [1.165, 1.54) is 5.56 Å². The van der Waals surface area contributed by atoms with E-state index >= 15 is 0 Å². The molecule has 21 heavy (non-hydrogen) atoms. The molecule has 1 N–H and O–H groups in total. The summed E-state index contributed by atoms with van der Waals surface area (Å²) in [5.74, 6) is 0.0374. The number of benzene rings is 1. The number of amides is 1. The maximum atomic E-state index is 12.4. The number of hydrogen-bond donors (Lipinski definition) is 1. The molecule has 1 aliphatic heterocycles. The van der Waals surface area contributed by atoms with Gasteiger partial charge in [-0.15, -0.1) is 0 Å². The van der Waals surface area contributed by atoms with Crippen molar-refractivity contribution in [1.82, 2.24) is 9.88 Å². The highest BCUT2D eigenvalue weighted by Gasteiger charge is 2.32. The normalized spacial score (nSPS) is 15.4. The summed E-state index contributed by atoms with van der Waals surface area (Å²) < 4.78 is 10.5. The topological polar surface area (TPSA) is 54.6 Å². The highest BCUT2D eigenvalue weighted by molar-refractivity contribution is 5.98. The van der Waals surface area contributed by atoms with Crippen LogP contribution >= 0.6 is 0 Å². The van der Waals surface area contributed by atoms with Crippen molar-refractivity contribution in [1.29, 1.82) is 0 Å². The smallest absolute Gasteiger partial charge is 0.270 e. The van der Waals surface area contributed by atoms with Crippen LogP contribution in [0.2, 0.25) is 0 Å². The highest BCUT2D eigenvalue weighted by Crippen LogP contribution is 2.20. The van der Waals surface area contributed by atoms with Crippen molar-refractivity contribution in [3.05, 3.63) is 35.5 Å². The minimum absolute atomic E-state index is 0.0374. The number of rotatable bonds is 5. The first kappa shape index (κ1) is 14.1. The number of aromatic amines is 1. The van der Waals surface area contributed by atoms with Gasteiger partial charge in [-0.3, -0.25) is 4.79 Å². The van der Waals surface area contributed by atoms with E-state index in [0.717, 1.165) is 10.9 Å². The first-order valence-electron chi connectivity index (χ1n) is 7.16. The Morgan fingerprint density at radius 2 is 2.14 bits per heavy atom. The molecule has 1 amide bonds. The summed E-state index contributed by atoms with van der Waals surface area (Å²) in [6, 6.07) is 8.05. The minimum atomic E-state index is 0.0374. The quantitative estimate of drug-likeness (QED) is 0.856. The SMILES string of the molecule is COCCOC1CN(C(=O)c2cc3ccc(C)cc3[nH]2)C1. The van der Waals surface area contributed by atoms with Crippen molar-refractivity contribution in [2.45, 2.75) is 13.0 Å². The van der Waals surface area contributed by atoms with Gasteiger partial charge in [0.2, 0.25) is 0 Å². The lowest BCUT2D eigenvalue weighted by Crippen LogP contribution is -2.55. The van der Waals surface area contributed by atoms with Crippen molar-refractivity contribution in [2.24, 2.45) is 0 Å². The average Bonchev–Trinajstić information content (AvgIpc) is 2.83. The number of likely N-dealkylation sites (tertiary alicyclic amines) is 1. The zero-order valence-corrected chi connectivity index (χ0v) is 12.4. The van der Waals surface area contributed by atoms with Crippen LogP contribution in [-0.2, 0) is 9.47 Å². The number of carbonyl (C=O) groups is 1. The van der Waals surface area contributed by atoms with Crippen LogP contribution in [-0.4, -0.2) is 55.3 Å². The molecule has 112 valence electrons. The standard InChI is InChI=1S/C16H20N2O3/c1-11-3-4-12-8-15(17-14(12)7-11)16(19)18-9-13(10-18)21-6-5-20-2/h3-4,7-8,13,17H,5-6,9-10H2,1-2H3. The Balaban J connectivity index is 1.60. The van der Waals surface area contributed by atoms with Gasteiger partial charge in [-0.1, -0.05) is 12.1 Å². The van der Waals surface area contributed by atoms with Crippen molar-refractivity contribution in [2.75, 3.05) is 33.4 Å². The van der Waals surface area contributed by atoms with Gasteiger partial charge in [-0.25, -0.2) is 0 Å². The van der Waals surface area contributed by atoms with Crippen LogP contribution in [0, 0.1) is 6.92 Å². The molecular weight excluding hydrogens is 268 g/mol. The molecule has 0 atom stereocenters. The molecule has 1 saturated heterocycles. The van der Waals surface area contributed by atoms with Gasteiger partial charge in [0.25, 0.3) is 5.91 Å². The summed E-state index contributed by atoms with van der Waals surface area (Å²) in [7, 11) is 1.65. The van der Waals surface area contributed by atoms with E-state index < -0.39 is 0 Å². The van der Waals surface area contributed by atoms with Crippen LogP contribution in [0.15, 0.2) is 24.3 Å². The fourth-order valence-electron chi connectivity index (χ4n) is 2.53. The van der Waals surface area contributed by atoms with E-state index in [1.54, 1.807) is 12.0 Å². The van der Waals surface area contributed by atoms with Crippen LogP contribution in [0.5, 0.6) is 0 Å². The second-order valence-corrected chi connectivity index (χ2v) is 5.47. The van der Waals surface area contributed by atoms with Crippen molar-refractivity contribution in [3.8, 4) is 0 Å². The van der Waals surface area contributed by atoms with Crippen molar-refractivity contribution >= 4 is 16.8 Å². The second kappa shape index (κ2) is 5.87. The molecule has 2 heterocycles. The lowest BCUT2D eigenvalue weighted by molar-refractivity contribution is -0.0556. The summed E-state index contributed by atoms with van der Waals surface area (Å²) in [4.78, 5) is 17.4. The molecule has 0 spiro atoms. The summed E-state index contributed by atoms with van der Waals surface area (Å²) in [5, 5.41) is 1.07. The summed E-state index contributed by atoms with van der Waals surface area (Å²) in [6.07, 6.45) is 0.135. The molecule has 1 aliphatic rings. The number of methoxy groups -OCH3 is 1. The van der Waals surface area contributed by atoms with Gasteiger partial charge in [0, 0.05) is 31.1 Å². The third-order valence-corrected chi connectivity index (χ3v) is 3.78. The molecule has 1 aromatic carbocycles. The van der Waals surface area contributed by atoms with Crippen LogP contribution < -0.4 is 0 Å². The summed E-state index contributed by atoms with van der Waals surface area (Å²) in [6.45, 7) is 4.51. The predicted octanol–water partition coefficient (Wildman–Crippen LogP) is 1.96. The minimum Gasteiger partial charge on any atom is -0.382 e. The Bertz CT molecular complexity index is 644. The summed E-state index contributed by atoms with van der Waals surface area (Å²) >= 11 is 0. The average molecular weight is 288 g/mol. The van der Waals surface area contributed by atoms with Gasteiger partial charge >= 0.3 is 0 Å².